The van der Waals surface area contributed by atoms with Gasteiger partial charge in [0.25, 0.3) is 0 Å². The van der Waals surface area contributed by atoms with Crippen LogP contribution in [0.15, 0.2) is 72.8 Å². The Bertz CT molecular complexity index is 1410. The van der Waals surface area contributed by atoms with Crippen molar-refractivity contribution in [1.29, 1.82) is 0 Å². The van der Waals surface area contributed by atoms with Crippen LogP contribution in [0.2, 0.25) is 5.02 Å². The molecular formula is C31H38ClN3O4S. The Morgan fingerprint density at radius 1 is 0.900 bits per heavy atom. The molecule has 3 rings (SSSR count). The number of nitrogens with one attached hydrogen (secondary N) is 1. The molecular weight excluding hydrogens is 546 g/mol. The molecule has 40 heavy (non-hydrogen) atoms. The van der Waals surface area contributed by atoms with Crippen molar-refractivity contribution >= 4 is 39.1 Å². The maximum Gasteiger partial charge on any atom is 0.244 e. The lowest BCUT2D eigenvalue weighted by atomic mass is 10.0. The lowest BCUT2D eigenvalue weighted by Gasteiger charge is -2.34. The number of halogens is 1. The van der Waals surface area contributed by atoms with E-state index in [9.17, 15) is 18.0 Å². The molecule has 1 atom stereocenters. The topological polar surface area (TPSA) is 86.8 Å². The minimum Gasteiger partial charge on any atom is -0.354 e. The highest BCUT2D eigenvalue weighted by Gasteiger charge is 2.33. The molecule has 2 amide bonds. The van der Waals surface area contributed by atoms with Crippen molar-refractivity contribution < 1.29 is 18.0 Å². The molecule has 3 aromatic rings. The van der Waals surface area contributed by atoms with E-state index in [0.29, 0.717) is 17.3 Å². The lowest BCUT2D eigenvalue weighted by molar-refractivity contribution is -0.140. The zero-order valence-corrected chi connectivity index (χ0v) is 25.3. The number of para-hydroxylation sites is 1. The highest BCUT2D eigenvalue weighted by Crippen LogP contribution is 2.27. The Morgan fingerprint density at radius 3 is 2.08 bits per heavy atom. The Balaban J connectivity index is 2.08. The largest absolute Gasteiger partial charge is 0.354 e. The second-order valence-electron chi connectivity index (χ2n) is 10.5. The van der Waals surface area contributed by atoms with Crippen LogP contribution in [0, 0.1) is 19.8 Å². The first-order valence-electron chi connectivity index (χ1n) is 13.3. The molecule has 0 saturated heterocycles. The van der Waals surface area contributed by atoms with E-state index in [1.54, 1.807) is 18.2 Å². The third-order valence-electron chi connectivity index (χ3n) is 6.57. The van der Waals surface area contributed by atoms with Gasteiger partial charge in [-0.25, -0.2) is 8.42 Å². The van der Waals surface area contributed by atoms with Crippen molar-refractivity contribution in [2.24, 2.45) is 5.92 Å². The van der Waals surface area contributed by atoms with Gasteiger partial charge in [-0.05, 0) is 54.2 Å². The normalized spacial score (nSPS) is 12.2. The molecule has 7 nitrogen and oxygen atoms in total. The zero-order valence-electron chi connectivity index (χ0n) is 23.7. The molecule has 0 aromatic heterocycles. The van der Waals surface area contributed by atoms with Gasteiger partial charge in [0, 0.05) is 24.5 Å². The van der Waals surface area contributed by atoms with Crippen LogP contribution in [-0.4, -0.2) is 50.5 Å². The maximum absolute atomic E-state index is 14.2. The van der Waals surface area contributed by atoms with E-state index in [1.807, 2.05) is 82.3 Å². The number of hydrogen-bond donors (Lipinski definition) is 1. The third kappa shape index (κ3) is 8.57. The van der Waals surface area contributed by atoms with Gasteiger partial charge in [-0.1, -0.05) is 86.1 Å². The van der Waals surface area contributed by atoms with Gasteiger partial charge >= 0.3 is 0 Å². The van der Waals surface area contributed by atoms with Gasteiger partial charge < -0.3 is 10.2 Å². The predicted octanol–water partition coefficient (Wildman–Crippen LogP) is 5.14. The fraction of sp³-hybridized carbons (Fsp3) is 0.355. The summed E-state index contributed by atoms with van der Waals surface area (Å²) in [7, 11) is -3.83. The van der Waals surface area contributed by atoms with Crippen molar-refractivity contribution in [3.8, 4) is 0 Å². The average molecular weight is 584 g/mol. The minimum atomic E-state index is -3.83. The van der Waals surface area contributed by atoms with Crippen LogP contribution < -0.4 is 9.62 Å². The van der Waals surface area contributed by atoms with E-state index in [1.165, 1.54) is 4.90 Å². The number of hydrogen-bond acceptors (Lipinski definition) is 4. The van der Waals surface area contributed by atoms with Crippen LogP contribution in [0.4, 0.5) is 5.69 Å². The highest BCUT2D eigenvalue weighted by atomic mass is 35.5. The van der Waals surface area contributed by atoms with Crippen molar-refractivity contribution in [1.82, 2.24) is 10.2 Å². The van der Waals surface area contributed by atoms with E-state index in [2.05, 4.69) is 5.32 Å². The number of carbonyl (C=O) groups is 2. The first-order chi connectivity index (χ1) is 18.9. The van der Waals surface area contributed by atoms with Gasteiger partial charge in [0.15, 0.2) is 0 Å². The fourth-order valence-corrected chi connectivity index (χ4v) is 5.76. The summed E-state index contributed by atoms with van der Waals surface area (Å²) in [4.78, 5) is 29.3. The first-order valence-corrected chi connectivity index (χ1v) is 15.5. The summed E-state index contributed by atoms with van der Waals surface area (Å²) >= 11 is 6.25. The Kier molecular flexibility index (Phi) is 10.8. The number of aryl methyl sites for hydroxylation is 2. The van der Waals surface area contributed by atoms with E-state index in [0.717, 1.165) is 32.8 Å². The summed E-state index contributed by atoms with van der Waals surface area (Å²) < 4.78 is 27.2. The summed E-state index contributed by atoms with van der Waals surface area (Å²) in [5.74, 6) is -0.581. The van der Waals surface area contributed by atoms with E-state index in [-0.39, 0.29) is 24.8 Å². The molecule has 0 aliphatic carbocycles. The van der Waals surface area contributed by atoms with E-state index >= 15 is 0 Å². The summed E-state index contributed by atoms with van der Waals surface area (Å²) in [6.07, 6.45) is 1.35. The number of amides is 2. The quantitative estimate of drug-likeness (QED) is 0.320. The lowest BCUT2D eigenvalue weighted by Crippen LogP contribution is -2.53. The molecule has 9 heteroatoms. The molecule has 0 unspecified atom stereocenters. The number of rotatable bonds is 12. The maximum atomic E-state index is 14.2. The van der Waals surface area contributed by atoms with Crippen LogP contribution in [0.5, 0.6) is 0 Å². The number of benzene rings is 3. The van der Waals surface area contributed by atoms with Crippen molar-refractivity contribution in [2.75, 3.05) is 23.7 Å². The molecule has 0 radical (unpaired) electrons. The molecule has 1 N–H and O–H groups in total. The molecule has 0 aliphatic heterocycles. The van der Waals surface area contributed by atoms with Gasteiger partial charge in [-0.15, -0.1) is 0 Å². The minimum absolute atomic E-state index is 0.0797. The van der Waals surface area contributed by atoms with Crippen LogP contribution in [0.1, 0.15) is 36.1 Å². The van der Waals surface area contributed by atoms with Crippen LogP contribution in [0.3, 0.4) is 0 Å². The number of carbonyl (C=O) groups excluding carboxylic acids is 2. The highest BCUT2D eigenvalue weighted by molar-refractivity contribution is 7.92. The molecule has 3 aromatic carbocycles. The van der Waals surface area contributed by atoms with Gasteiger partial charge in [-0.2, -0.15) is 0 Å². The SMILES string of the molecule is Cc1cccc(C)c1N(CC(=O)N(Cc1cccc(Cl)c1)[C@H](Cc1ccccc1)C(=O)NCC(C)C)S(C)(=O)=O. The number of sulfonamides is 1. The van der Waals surface area contributed by atoms with Crippen LogP contribution in [-0.2, 0) is 32.6 Å². The van der Waals surface area contributed by atoms with Gasteiger partial charge in [0.2, 0.25) is 21.8 Å². The summed E-state index contributed by atoms with van der Waals surface area (Å²) in [6.45, 7) is 7.69. The number of anilines is 1. The standard InChI is InChI=1S/C31H38ClN3O4S/c1-22(2)19-33-31(37)28(18-25-13-7-6-8-14-25)34(20-26-15-10-16-27(32)17-26)29(36)21-35(40(5,38)39)30-23(3)11-9-12-24(30)4/h6-17,22,28H,18-21H2,1-5H3,(H,33,37)/t28-/m1/s1. The van der Waals surface area contributed by atoms with Crippen molar-refractivity contribution in [3.05, 3.63) is 100 Å². The first kappa shape index (κ1) is 31.2. The van der Waals surface area contributed by atoms with Gasteiger partial charge in [0.05, 0.1) is 11.9 Å². The van der Waals surface area contributed by atoms with Gasteiger partial charge in [-0.3, -0.25) is 13.9 Å². The molecule has 214 valence electrons. The molecule has 0 saturated carbocycles. The summed E-state index contributed by atoms with van der Waals surface area (Å²) in [5, 5.41) is 3.48. The molecule has 0 fully saturated rings. The molecule has 0 heterocycles. The van der Waals surface area contributed by atoms with E-state index < -0.39 is 28.5 Å². The smallest absolute Gasteiger partial charge is 0.244 e. The Labute approximate surface area is 243 Å². The van der Waals surface area contributed by atoms with Gasteiger partial charge in [0.1, 0.15) is 12.6 Å². The molecule has 0 spiro atoms. The second kappa shape index (κ2) is 13.8. The van der Waals surface area contributed by atoms with Crippen molar-refractivity contribution in [3.63, 3.8) is 0 Å². The van der Waals surface area contributed by atoms with Crippen LogP contribution >= 0.6 is 11.6 Å². The summed E-state index contributed by atoms with van der Waals surface area (Å²) in [5.41, 5.74) is 3.54. The van der Waals surface area contributed by atoms with Crippen molar-refractivity contribution in [2.45, 2.75) is 46.7 Å². The third-order valence-corrected chi connectivity index (χ3v) is 7.91. The average Bonchev–Trinajstić information content (AvgIpc) is 2.88. The fourth-order valence-electron chi connectivity index (χ4n) is 4.58. The van der Waals surface area contributed by atoms with E-state index in [4.69, 9.17) is 11.6 Å². The number of nitrogens with zero attached hydrogens (tertiary/aromatic N) is 2. The predicted molar refractivity (Wildman–Crippen MR) is 162 cm³/mol. The Morgan fingerprint density at radius 2 is 1.50 bits per heavy atom. The second-order valence-corrected chi connectivity index (χ2v) is 12.8. The molecule has 0 bridgehead atoms. The Hall–Kier alpha value is -3.36. The monoisotopic (exact) mass is 583 g/mol. The molecule has 0 aliphatic rings. The van der Waals surface area contributed by atoms with Crippen LogP contribution in [0.25, 0.3) is 0 Å². The zero-order chi connectivity index (χ0) is 29.4. The summed E-state index contributed by atoms with van der Waals surface area (Å²) in [6, 6.07) is 21.1.